The molecule has 0 saturated carbocycles. The van der Waals surface area contributed by atoms with Crippen molar-refractivity contribution in [1.82, 2.24) is 4.90 Å². The van der Waals surface area contributed by atoms with Crippen LogP contribution in [0.25, 0.3) is 0 Å². The fourth-order valence-electron chi connectivity index (χ4n) is 3.45. The lowest BCUT2D eigenvalue weighted by molar-refractivity contribution is -0.0498. The number of benzene rings is 1. The second-order valence-electron chi connectivity index (χ2n) is 7.09. The first-order valence-electron chi connectivity index (χ1n) is 9.17. The summed E-state index contributed by atoms with van der Waals surface area (Å²) >= 11 is 0. The molecule has 2 atom stereocenters. The average molecular weight is 371 g/mol. The molecule has 0 radical (unpaired) electrons. The Kier molecular flexibility index (Phi) is 5.37. The molecule has 1 aliphatic heterocycles. The van der Waals surface area contributed by atoms with Crippen LogP contribution in [0.5, 0.6) is 0 Å². The van der Waals surface area contributed by atoms with Crippen LogP contribution in [-0.4, -0.2) is 41.1 Å². The van der Waals surface area contributed by atoms with Gasteiger partial charge in [0.25, 0.3) is 5.91 Å². The van der Waals surface area contributed by atoms with E-state index in [0.717, 1.165) is 16.7 Å². The van der Waals surface area contributed by atoms with Gasteiger partial charge in [-0.2, -0.15) is 0 Å². The normalized spacial score (nSPS) is 19.9. The van der Waals surface area contributed by atoms with Crippen LogP contribution in [0.2, 0.25) is 0 Å². The molecule has 2 heterocycles. The number of ether oxygens (including phenoxy) is 1. The highest BCUT2D eigenvalue weighted by molar-refractivity contribution is 5.96. The first kappa shape index (κ1) is 19.2. The number of furan rings is 1. The van der Waals surface area contributed by atoms with E-state index >= 15 is 0 Å². The third-order valence-corrected chi connectivity index (χ3v) is 5.05. The van der Waals surface area contributed by atoms with Gasteiger partial charge in [0.2, 0.25) is 0 Å². The van der Waals surface area contributed by atoms with Gasteiger partial charge >= 0.3 is 5.97 Å². The number of aryl methyl sites for hydroxylation is 3. The molecule has 0 spiro atoms. The second kappa shape index (κ2) is 7.56. The van der Waals surface area contributed by atoms with Gasteiger partial charge in [-0.05, 0) is 31.9 Å². The summed E-state index contributed by atoms with van der Waals surface area (Å²) in [6, 6.07) is 7.40. The molecule has 0 bridgehead atoms. The fraction of sp³-hybridized carbons (Fsp3) is 0.429. The van der Waals surface area contributed by atoms with E-state index in [9.17, 15) is 14.7 Å². The molecule has 1 aromatic heterocycles. The zero-order valence-electron chi connectivity index (χ0n) is 16.1. The van der Waals surface area contributed by atoms with E-state index in [0.29, 0.717) is 25.3 Å². The van der Waals surface area contributed by atoms with Crippen LogP contribution < -0.4 is 0 Å². The minimum atomic E-state index is -1.09. The third-order valence-electron chi connectivity index (χ3n) is 5.05. The van der Waals surface area contributed by atoms with E-state index < -0.39 is 5.97 Å². The minimum absolute atomic E-state index is 0.0489. The van der Waals surface area contributed by atoms with E-state index in [2.05, 4.69) is 18.2 Å². The van der Waals surface area contributed by atoms with E-state index in [-0.39, 0.29) is 29.4 Å². The molecule has 0 aliphatic carbocycles. The van der Waals surface area contributed by atoms with Crippen molar-refractivity contribution >= 4 is 11.9 Å². The maximum absolute atomic E-state index is 13.0. The van der Waals surface area contributed by atoms with Crippen molar-refractivity contribution in [3.8, 4) is 0 Å². The number of carboxylic acids is 1. The van der Waals surface area contributed by atoms with Gasteiger partial charge < -0.3 is 19.2 Å². The summed E-state index contributed by atoms with van der Waals surface area (Å²) in [5.74, 6) is -1.00. The molecule has 1 N–H and O–H groups in total. The lowest BCUT2D eigenvalue weighted by atomic mass is 9.98. The van der Waals surface area contributed by atoms with Gasteiger partial charge in [-0.3, -0.25) is 4.79 Å². The number of carboxylic acid groups (broad SMARTS) is 1. The van der Waals surface area contributed by atoms with Gasteiger partial charge in [0.1, 0.15) is 17.4 Å². The van der Waals surface area contributed by atoms with Crippen LogP contribution in [0.1, 0.15) is 63.3 Å². The van der Waals surface area contributed by atoms with Gasteiger partial charge in [-0.1, -0.05) is 30.7 Å². The van der Waals surface area contributed by atoms with E-state index in [1.165, 1.54) is 6.07 Å². The van der Waals surface area contributed by atoms with Gasteiger partial charge in [-0.25, -0.2) is 4.79 Å². The third kappa shape index (κ3) is 3.76. The lowest BCUT2D eigenvalue weighted by Crippen LogP contribution is -2.48. The Morgan fingerprint density at radius 1 is 1.26 bits per heavy atom. The Hall–Kier alpha value is -2.60. The molecule has 2 aromatic rings. The highest BCUT2D eigenvalue weighted by Crippen LogP contribution is 2.29. The zero-order valence-corrected chi connectivity index (χ0v) is 16.1. The van der Waals surface area contributed by atoms with Crippen LogP contribution in [0.3, 0.4) is 0 Å². The Bertz CT molecular complexity index is 869. The van der Waals surface area contributed by atoms with Gasteiger partial charge in [0.15, 0.2) is 5.76 Å². The van der Waals surface area contributed by atoms with E-state index in [1.807, 2.05) is 20.8 Å². The van der Waals surface area contributed by atoms with Gasteiger partial charge in [-0.15, -0.1) is 0 Å². The van der Waals surface area contributed by atoms with Crippen LogP contribution in [0.4, 0.5) is 0 Å². The predicted molar refractivity (Wildman–Crippen MR) is 100 cm³/mol. The summed E-state index contributed by atoms with van der Waals surface area (Å²) in [6.07, 6.45) is 0.197. The summed E-state index contributed by atoms with van der Waals surface area (Å²) in [5.41, 5.74) is 3.37. The molecule has 1 fully saturated rings. The Morgan fingerprint density at radius 2 is 2.00 bits per heavy atom. The SMILES string of the molecule is CCc1oc(C(=O)N2CC(c3cc(C)ccc3C)OCC2C)cc1C(=O)O. The highest BCUT2D eigenvalue weighted by Gasteiger charge is 2.34. The molecule has 1 saturated heterocycles. The number of rotatable bonds is 4. The maximum atomic E-state index is 13.0. The summed E-state index contributed by atoms with van der Waals surface area (Å²) in [4.78, 5) is 26.1. The topological polar surface area (TPSA) is 80.0 Å². The Labute approximate surface area is 158 Å². The van der Waals surface area contributed by atoms with Gasteiger partial charge in [0, 0.05) is 12.5 Å². The molecule has 3 rings (SSSR count). The highest BCUT2D eigenvalue weighted by atomic mass is 16.5. The summed E-state index contributed by atoms with van der Waals surface area (Å²) in [5, 5.41) is 9.30. The molecule has 1 aliphatic rings. The van der Waals surface area contributed by atoms with Crippen molar-refractivity contribution in [2.45, 2.75) is 46.3 Å². The van der Waals surface area contributed by atoms with Crippen molar-refractivity contribution in [2.24, 2.45) is 0 Å². The first-order valence-corrected chi connectivity index (χ1v) is 9.17. The van der Waals surface area contributed by atoms with Crippen molar-refractivity contribution in [3.63, 3.8) is 0 Å². The van der Waals surface area contributed by atoms with Crippen molar-refractivity contribution in [2.75, 3.05) is 13.2 Å². The van der Waals surface area contributed by atoms with E-state index in [1.54, 1.807) is 11.8 Å². The largest absolute Gasteiger partial charge is 0.478 e. The molecule has 1 amide bonds. The van der Waals surface area contributed by atoms with E-state index in [4.69, 9.17) is 9.15 Å². The zero-order chi connectivity index (χ0) is 19.7. The minimum Gasteiger partial charge on any atom is -0.478 e. The Balaban J connectivity index is 1.87. The number of hydrogen-bond donors (Lipinski definition) is 1. The quantitative estimate of drug-likeness (QED) is 0.885. The fourth-order valence-corrected chi connectivity index (χ4v) is 3.45. The Morgan fingerprint density at radius 3 is 2.63 bits per heavy atom. The number of hydrogen-bond acceptors (Lipinski definition) is 4. The molecule has 1 aromatic carbocycles. The molecule has 6 heteroatoms. The lowest BCUT2D eigenvalue weighted by Gasteiger charge is -2.38. The molecular weight excluding hydrogens is 346 g/mol. The van der Waals surface area contributed by atoms with Crippen LogP contribution in [0, 0.1) is 13.8 Å². The molecule has 144 valence electrons. The summed E-state index contributed by atoms with van der Waals surface area (Å²) < 4.78 is 11.6. The van der Waals surface area contributed by atoms with Crippen LogP contribution in [0.15, 0.2) is 28.7 Å². The van der Waals surface area contributed by atoms with Crippen LogP contribution in [-0.2, 0) is 11.2 Å². The standard InChI is InChI=1S/C21H25NO5/c1-5-17-16(21(24)25)9-18(27-17)20(23)22-10-19(26-11-14(22)4)15-8-12(2)6-7-13(15)3/h6-9,14,19H,5,10-11H2,1-4H3,(H,24,25). The number of aromatic carboxylic acids is 1. The van der Waals surface area contributed by atoms with Crippen molar-refractivity contribution < 1.29 is 23.8 Å². The van der Waals surface area contributed by atoms with Crippen molar-refractivity contribution in [1.29, 1.82) is 0 Å². The monoisotopic (exact) mass is 371 g/mol. The summed E-state index contributed by atoms with van der Waals surface area (Å²) in [6.45, 7) is 8.58. The molecule has 27 heavy (non-hydrogen) atoms. The number of nitrogens with zero attached hydrogens (tertiary/aromatic N) is 1. The number of carbonyl (C=O) groups excluding carboxylic acids is 1. The number of morpholine rings is 1. The van der Waals surface area contributed by atoms with Crippen molar-refractivity contribution in [3.05, 3.63) is 58.0 Å². The predicted octanol–water partition coefficient (Wildman–Crippen LogP) is 3.76. The number of amides is 1. The molecule has 2 unspecified atom stereocenters. The maximum Gasteiger partial charge on any atom is 0.339 e. The van der Waals surface area contributed by atoms with Crippen LogP contribution >= 0.6 is 0 Å². The summed E-state index contributed by atoms with van der Waals surface area (Å²) in [7, 11) is 0. The molecular formula is C21H25NO5. The smallest absolute Gasteiger partial charge is 0.339 e. The average Bonchev–Trinajstić information content (AvgIpc) is 3.08. The second-order valence-corrected chi connectivity index (χ2v) is 7.09. The first-order chi connectivity index (χ1) is 12.8. The van der Waals surface area contributed by atoms with Gasteiger partial charge in [0.05, 0.1) is 19.2 Å². The molecule has 6 nitrogen and oxygen atoms in total. The number of carbonyl (C=O) groups is 2.